The minimum atomic E-state index is -2.68. The van der Waals surface area contributed by atoms with Crippen molar-refractivity contribution >= 4 is 23.6 Å². The van der Waals surface area contributed by atoms with Crippen LogP contribution in [0, 0.1) is 25.7 Å². The second kappa shape index (κ2) is 10.4. The molecule has 2 heterocycles. The minimum absolute atomic E-state index is 0.427. The average Bonchev–Trinajstić information content (AvgIpc) is 2.90. The summed E-state index contributed by atoms with van der Waals surface area (Å²) in [5, 5.41) is 1.60. The standard InChI is InChI=1S/C37H51P/c1-12-26(6)33-20-34(27(7)13-2)23-38(11,22-33)29(9)14-15-31-16-17-32(24(3)4)21-35(31)30(10)36-19-25(5)18-28(8)37(36)38/h14-22,24,26-27,29H,10,12-13,23H2,1-9,11H3/b15-14-. The Balaban J connectivity index is 2.14. The van der Waals surface area contributed by atoms with Crippen LogP contribution in [-0.4, -0.2) is 18.5 Å². The number of benzene rings is 2. The van der Waals surface area contributed by atoms with E-state index in [1.54, 1.807) is 16.5 Å². The molecular formula is C37H51P. The summed E-state index contributed by atoms with van der Waals surface area (Å²) in [6.45, 7) is 26.1. The van der Waals surface area contributed by atoms with E-state index in [0.717, 1.165) is 0 Å². The Morgan fingerprint density at radius 3 is 2.26 bits per heavy atom. The van der Waals surface area contributed by atoms with Crippen molar-refractivity contribution in [3.63, 3.8) is 0 Å². The summed E-state index contributed by atoms with van der Waals surface area (Å²) in [5.41, 5.74) is 12.9. The van der Waals surface area contributed by atoms with Crippen LogP contribution in [0.15, 0.2) is 66.0 Å². The second-order valence-electron chi connectivity index (χ2n) is 13.2. The monoisotopic (exact) mass is 526 g/mol. The van der Waals surface area contributed by atoms with E-state index < -0.39 is 6.60 Å². The molecule has 0 aromatic heterocycles. The fourth-order valence-electron chi connectivity index (χ4n) is 6.92. The molecule has 0 N–H and O–H groups in total. The van der Waals surface area contributed by atoms with E-state index >= 15 is 0 Å². The van der Waals surface area contributed by atoms with E-state index in [0.29, 0.717) is 23.4 Å². The molecule has 0 aliphatic carbocycles. The number of hydrogen-bond donors (Lipinski definition) is 0. The molecule has 0 amide bonds. The van der Waals surface area contributed by atoms with Crippen molar-refractivity contribution in [1.29, 1.82) is 0 Å². The van der Waals surface area contributed by atoms with Crippen LogP contribution >= 0.6 is 6.60 Å². The van der Waals surface area contributed by atoms with E-state index in [9.17, 15) is 0 Å². The van der Waals surface area contributed by atoms with Crippen LogP contribution in [0.4, 0.5) is 0 Å². The molecule has 1 spiro atoms. The van der Waals surface area contributed by atoms with Gasteiger partial charge in [-0.2, -0.15) is 0 Å². The van der Waals surface area contributed by atoms with Gasteiger partial charge in [-0.25, -0.2) is 0 Å². The van der Waals surface area contributed by atoms with Crippen molar-refractivity contribution in [3.8, 4) is 0 Å². The maximum atomic E-state index is 4.85. The van der Waals surface area contributed by atoms with Crippen LogP contribution in [0.25, 0.3) is 11.6 Å². The van der Waals surface area contributed by atoms with Gasteiger partial charge in [0.1, 0.15) is 0 Å². The predicted molar refractivity (Wildman–Crippen MR) is 175 cm³/mol. The summed E-state index contributed by atoms with van der Waals surface area (Å²) in [4.78, 5) is 0. The van der Waals surface area contributed by atoms with Gasteiger partial charge in [0.15, 0.2) is 0 Å². The van der Waals surface area contributed by atoms with Gasteiger partial charge < -0.3 is 0 Å². The van der Waals surface area contributed by atoms with Crippen LogP contribution < -0.4 is 5.30 Å². The summed E-state index contributed by atoms with van der Waals surface area (Å²) < 4.78 is 0. The first-order valence-corrected chi connectivity index (χ1v) is 17.9. The predicted octanol–water partition coefficient (Wildman–Crippen LogP) is 10.6. The van der Waals surface area contributed by atoms with Gasteiger partial charge in [-0.15, -0.1) is 0 Å². The Morgan fingerprint density at radius 1 is 0.947 bits per heavy atom. The van der Waals surface area contributed by atoms with Gasteiger partial charge in [0, 0.05) is 0 Å². The SMILES string of the molecule is C=C1c2cc(C(C)C)ccc2/C=C\C(C)P2(C)(C=C(C(C)CC)C=C(C(C)CC)C2)c2c(C)cc(C)cc21. The molecular weight excluding hydrogens is 475 g/mol. The molecule has 4 rings (SSSR count). The van der Waals surface area contributed by atoms with E-state index in [1.807, 2.05) is 0 Å². The summed E-state index contributed by atoms with van der Waals surface area (Å²) in [5.74, 6) is 4.46. The Morgan fingerprint density at radius 2 is 1.63 bits per heavy atom. The Kier molecular flexibility index (Phi) is 7.91. The van der Waals surface area contributed by atoms with E-state index in [4.69, 9.17) is 6.58 Å². The molecule has 1 heteroatoms. The zero-order valence-electron chi connectivity index (χ0n) is 25.8. The third kappa shape index (κ3) is 4.73. The van der Waals surface area contributed by atoms with Crippen LogP contribution in [-0.2, 0) is 0 Å². The zero-order valence-corrected chi connectivity index (χ0v) is 26.7. The first kappa shape index (κ1) is 28.8. The summed E-state index contributed by atoms with van der Waals surface area (Å²) in [6.07, 6.45) is 11.1. The Labute approximate surface area is 234 Å². The third-order valence-electron chi connectivity index (χ3n) is 10.1. The molecule has 2 aromatic carbocycles. The Hall–Kier alpha value is -2.17. The van der Waals surface area contributed by atoms with Crippen LogP contribution in [0.2, 0.25) is 0 Å². The molecule has 0 radical (unpaired) electrons. The molecule has 0 fully saturated rings. The number of allylic oxidation sites excluding steroid dienone is 4. The fraction of sp³-hybridized carbons (Fsp3) is 0.459. The van der Waals surface area contributed by atoms with Crippen molar-refractivity contribution in [1.82, 2.24) is 0 Å². The second-order valence-corrected chi connectivity index (χ2v) is 19.0. The first-order valence-electron chi connectivity index (χ1n) is 14.9. The molecule has 2 aliphatic heterocycles. The first-order chi connectivity index (χ1) is 17.8. The molecule has 0 saturated heterocycles. The normalized spacial score (nSPS) is 23.5. The van der Waals surface area contributed by atoms with Gasteiger partial charge in [0.05, 0.1) is 0 Å². The van der Waals surface area contributed by atoms with Crippen LogP contribution in [0.5, 0.6) is 0 Å². The number of rotatable bonds is 5. The summed E-state index contributed by atoms with van der Waals surface area (Å²) in [7, 11) is 0. The van der Waals surface area contributed by atoms with Gasteiger partial charge >= 0.3 is 234 Å². The van der Waals surface area contributed by atoms with Gasteiger partial charge in [0.25, 0.3) is 0 Å². The van der Waals surface area contributed by atoms with Crippen molar-refractivity contribution in [3.05, 3.63) is 99.4 Å². The third-order valence-corrected chi connectivity index (χ3v) is 16.6. The van der Waals surface area contributed by atoms with Crippen molar-refractivity contribution in [2.75, 3.05) is 12.8 Å². The molecule has 2 aromatic rings. The quantitative estimate of drug-likeness (QED) is 0.340. The molecule has 0 nitrogen and oxygen atoms in total. The number of fused-ring (bicyclic) bond motifs is 3. The maximum absolute atomic E-state index is 4.85. The van der Waals surface area contributed by atoms with Crippen LogP contribution in [0.3, 0.4) is 0 Å². The molecule has 2 aliphatic rings. The van der Waals surface area contributed by atoms with E-state index in [1.165, 1.54) is 58.0 Å². The molecule has 0 bridgehead atoms. The van der Waals surface area contributed by atoms with Gasteiger partial charge in [-0.3, -0.25) is 0 Å². The van der Waals surface area contributed by atoms with E-state index in [2.05, 4.69) is 123 Å². The Bertz CT molecular complexity index is 1350. The van der Waals surface area contributed by atoms with Gasteiger partial charge in [-0.1, -0.05) is 0 Å². The van der Waals surface area contributed by atoms with Crippen LogP contribution in [0.1, 0.15) is 101 Å². The molecule has 0 saturated carbocycles. The van der Waals surface area contributed by atoms with Gasteiger partial charge in [0.2, 0.25) is 0 Å². The number of aryl methyl sites for hydroxylation is 2. The number of hydrogen-bond acceptors (Lipinski definition) is 0. The zero-order chi connectivity index (χ0) is 28.0. The van der Waals surface area contributed by atoms with E-state index in [-0.39, 0.29) is 0 Å². The van der Waals surface area contributed by atoms with Crippen molar-refractivity contribution in [2.24, 2.45) is 11.8 Å². The topological polar surface area (TPSA) is 0 Å². The molecule has 204 valence electrons. The fourth-order valence-corrected chi connectivity index (χ4v) is 13.3. The van der Waals surface area contributed by atoms with Gasteiger partial charge in [-0.05, 0) is 0 Å². The van der Waals surface area contributed by atoms with Crippen molar-refractivity contribution < 1.29 is 0 Å². The summed E-state index contributed by atoms with van der Waals surface area (Å²) in [6, 6.07) is 11.9. The summed E-state index contributed by atoms with van der Waals surface area (Å²) >= 11 is 0. The molecule has 3 atom stereocenters. The van der Waals surface area contributed by atoms with Crippen molar-refractivity contribution in [2.45, 2.75) is 86.7 Å². The molecule has 38 heavy (non-hydrogen) atoms. The molecule has 3 unspecified atom stereocenters. The average molecular weight is 527 g/mol.